The van der Waals surface area contributed by atoms with Crippen LogP contribution in [-0.4, -0.2) is 50.8 Å². The molecule has 0 spiro atoms. The average Bonchev–Trinajstić information content (AvgIpc) is 3.04. The van der Waals surface area contributed by atoms with Crippen LogP contribution in [0, 0.1) is 0 Å². The number of hydrogen-bond donors (Lipinski definition) is 3. The molecule has 1 heterocycles. The molecule has 2 rings (SSSR count). The summed E-state index contributed by atoms with van der Waals surface area (Å²) >= 11 is 1.98. The van der Waals surface area contributed by atoms with Gasteiger partial charge in [0.1, 0.15) is 0 Å². The Bertz CT molecular complexity index is 656. The number of sulfonamides is 1. The van der Waals surface area contributed by atoms with E-state index >= 15 is 0 Å². The van der Waals surface area contributed by atoms with Gasteiger partial charge in [0.2, 0.25) is 10.0 Å². The van der Waals surface area contributed by atoms with E-state index in [1.54, 1.807) is 7.05 Å². The van der Waals surface area contributed by atoms with Crippen LogP contribution in [0.5, 0.6) is 0 Å². The van der Waals surface area contributed by atoms with Crippen LogP contribution in [0.3, 0.4) is 0 Å². The van der Waals surface area contributed by atoms with E-state index in [2.05, 4.69) is 27.3 Å². The topological polar surface area (TPSA) is 82.6 Å². The minimum Gasteiger partial charge on any atom is -0.355 e. The van der Waals surface area contributed by atoms with Crippen molar-refractivity contribution in [1.29, 1.82) is 0 Å². The zero-order valence-corrected chi connectivity index (χ0v) is 16.5. The number of nitrogens with zero attached hydrogens (tertiary/aromatic N) is 1. The number of hydrogen-bond acceptors (Lipinski definition) is 4. The molecule has 1 aromatic rings. The molecule has 8 heteroatoms. The molecule has 140 valence electrons. The van der Waals surface area contributed by atoms with E-state index < -0.39 is 10.0 Å². The maximum atomic E-state index is 12.1. The van der Waals surface area contributed by atoms with E-state index in [0.717, 1.165) is 12.1 Å². The van der Waals surface area contributed by atoms with Crippen LogP contribution in [0.1, 0.15) is 25.3 Å². The molecule has 1 saturated heterocycles. The molecule has 25 heavy (non-hydrogen) atoms. The lowest BCUT2D eigenvalue weighted by atomic mass is 10.1. The fraction of sp³-hybridized carbons (Fsp3) is 0.588. The van der Waals surface area contributed by atoms with E-state index in [1.807, 2.05) is 42.1 Å². The van der Waals surface area contributed by atoms with Crippen LogP contribution >= 0.6 is 11.8 Å². The van der Waals surface area contributed by atoms with Gasteiger partial charge >= 0.3 is 0 Å². The highest BCUT2D eigenvalue weighted by Gasteiger charge is 2.29. The van der Waals surface area contributed by atoms with Crippen molar-refractivity contribution in [3.8, 4) is 0 Å². The van der Waals surface area contributed by atoms with Crippen molar-refractivity contribution in [3.63, 3.8) is 0 Å². The first kappa shape index (κ1) is 20.1. The molecule has 1 aromatic carbocycles. The minimum absolute atomic E-state index is 0.00650. The van der Waals surface area contributed by atoms with Crippen molar-refractivity contribution < 1.29 is 8.42 Å². The molecule has 0 amide bonds. The van der Waals surface area contributed by atoms with Crippen molar-refractivity contribution in [3.05, 3.63) is 35.9 Å². The van der Waals surface area contributed by atoms with Gasteiger partial charge in [-0.05, 0) is 31.1 Å². The van der Waals surface area contributed by atoms with E-state index in [0.29, 0.717) is 19.0 Å². The fourth-order valence-corrected chi connectivity index (χ4v) is 4.78. The predicted octanol–water partition coefficient (Wildman–Crippen LogP) is 1.56. The Hall–Kier alpha value is -1.25. The monoisotopic (exact) mass is 384 g/mol. The van der Waals surface area contributed by atoms with Gasteiger partial charge in [-0.3, -0.25) is 4.99 Å². The molecule has 1 unspecified atom stereocenters. The molecule has 3 N–H and O–H groups in total. The summed E-state index contributed by atoms with van der Waals surface area (Å²) in [5, 5.41) is 6.37. The van der Waals surface area contributed by atoms with Crippen molar-refractivity contribution in [2.45, 2.75) is 31.1 Å². The maximum absolute atomic E-state index is 12.1. The average molecular weight is 385 g/mol. The van der Waals surface area contributed by atoms with Gasteiger partial charge in [0.15, 0.2) is 5.96 Å². The molecule has 1 atom stereocenters. The van der Waals surface area contributed by atoms with Crippen LogP contribution in [-0.2, 0) is 16.6 Å². The predicted molar refractivity (Wildman–Crippen MR) is 107 cm³/mol. The molecule has 1 aliphatic rings. The summed E-state index contributed by atoms with van der Waals surface area (Å²) in [4.78, 5) is 4.16. The minimum atomic E-state index is -3.33. The number of benzene rings is 1. The van der Waals surface area contributed by atoms with Gasteiger partial charge in [-0.1, -0.05) is 30.3 Å². The summed E-state index contributed by atoms with van der Waals surface area (Å²) in [6.07, 6.45) is 2.44. The zero-order valence-electron chi connectivity index (χ0n) is 14.9. The molecular weight excluding hydrogens is 356 g/mol. The molecule has 1 fully saturated rings. The van der Waals surface area contributed by atoms with Crippen LogP contribution < -0.4 is 15.4 Å². The largest absolute Gasteiger partial charge is 0.355 e. The summed E-state index contributed by atoms with van der Waals surface area (Å²) in [7, 11) is -1.63. The second-order valence-corrected chi connectivity index (χ2v) is 9.99. The Balaban J connectivity index is 1.70. The molecule has 0 saturated carbocycles. The van der Waals surface area contributed by atoms with Crippen molar-refractivity contribution >= 4 is 27.7 Å². The van der Waals surface area contributed by atoms with Crippen molar-refractivity contribution in [2.75, 3.05) is 31.6 Å². The third kappa shape index (κ3) is 7.25. The van der Waals surface area contributed by atoms with Crippen LogP contribution in [0.2, 0.25) is 0 Å². The molecule has 6 nitrogen and oxygen atoms in total. The number of thioether (sulfide) groups is 1. The van der Waals surface area contributed by atoms with Gasteiger partial charge in [0.05, 0.1) is 5.75 Å². The number of rotatable bonds is 8. The van der Waals surface area contributed by atoms with E-state index in [-0.39, 0.29) is 10.5 Å². The Morgan fingerprint density at radius 2 is 2.04 bits per heavy atom. The zero-order chi connectivity index (χ0) is 18.2. The summed E-state index contributed by atoms with van der Waals surface area (Å²) in [5.74, 6) is 1.86. The quantitative estimate of drug-likeness (QED) is 0.468. The SMILES string of the molecule is CN=C(NCCS(=O)(=O)NCc1ccccc1)NCC1(C)CCCS1. The Kier molecular flexibility index (Phi) is 7.58. The number of nitrogens with one attached hydrogen (secondary N) is 3. The normalized spacial score (nSPS) is 21.3. The van der Waals surface area contributed by atoms with E-state index in [1.165, 1.54) is 18.6 Å². The molecule has 0 aliphatic carbocycles. The van der Waals surface area contributed by atoms with Crippen LogP contribution in [0.4, 0.5) is 0 Å². The molecule has 0 radical (unpaired) electrons. The van der Waals surface area contributed by atoms with E-state index in [4.69, 9.17) is 0 Å². The third-order valence-corrected chi connectivity index (χ3v) is 7.02. The van der Waals surface area contributed by atoms with Crippen molar-refractivity contribution in [1.82, 2.24) is 15.4 Å². The van der Waals surface area contributed by atoms with Gasteiger partial charge in [-0.25, -0.2) is 13.1 Å². The number of guanidine groups is 1. The highest BCUT2D eigenvalue weighted by Crippen LogP contribution is 2.36. The van der Waals surface area contributed by atoms with Gasteiger partial charge in [-0.2, -0.15) is 11.8 Å². The second-order valence-electron chi connectivity index (χ2n) is 6.38. The lowest BCUT2D eigenvalue weighted by molar-refractivity contribution is 0.577. The summed E-state index contributed by atoms with van der Waals surface area (Å²) in [6, 6.07) is 9.49. The first-order valence-corrected chi connectivity index (χ1v) is 11.2. The third-order valence-electron chi connectivity index (χ3n) is 4.16. The smallest absolute Gasteiger partial charge is 0.213 e. The maximum Gasteiger partial charge on any atom is 0.213 e. The van der Waals surface area contributed by atoms with Gasteiger partial charge < -0.3 is 10.6 Å². The molecule has 1 aliphatic heterocycles. The first-order chi connectivity index (χ1) is 11.9. The first-order valence-electron chi connectivity index (χ1n) is 8.52. The summed E-state index contributed by atoms with van der Waals surface area (Å²) < 4.78 is 27.0. The highest BCUT2D eigenvalue weighted by atomic mass is 32.2. The van der Waals surface area contributed by atoms with E-state index in [9.17, 15) is 8.42 Å². The molecule has 0 bridgehead atoms. The number of aliphatic imine (C=N–C) groups is 1. The Morgan fingerprint density at radius 1 is 1.28 bits per heavy atom. The van der Waals surface area contributed by atoms with Crippen LogP contribution in [0.15, 0.2) is 35.3 Å². The standard InChI is InChI=1S/C17H28N4O2S2/c1-17(9-6-11-24-17)14-20-16(18-2)19-10-12-25(22,23)21-13-15-7-4-3-5-8-15/h3-5,7-8,21H,6,9-14H2,1-2H3,(H2,18,19,20). The lowest BCUT2D eigenvalue weighted by Crippen LogP contribution is -2.45. The van der Waals surface area contributed by atoms with Crippen LogP contribution in [0.25, 0.3) is 0 Å². The molecular formula is C17H28N4O2S2. The fourth-order valence-electron chi connectivity index (χ4n) is 2.63. The lowest BCUT2D eigenvalue weighted by Gasteiger charge is -2.24. The summed E-state index contributed by atoms with van der Waals surface area (Å²) in [5.41, 5.74) is 0.943. The van der Waals surface area contributed by atoms with Gasteiger partial charge in [0.25, 0.3) is 0 Å². The van der Waals surface area contributed by atoms with Gasteiger partial charge in [0, 0.05) is 31.4 Å². The van der Waals surface area contributed by atoms with Crippen molar-refractivity contribution in [2.24, 2.45) is 4.99 Å². The molecule has 0 aromatic heterocycles. The Labute approximate surface area is 155 Å². The second kappa shape index (κ2) is 9.45. The summed E-state index contributed by atoms with van der Waals surface area (Å²) in [6.45, 7) is 3.71. The highest BCUT2D eigenvalue weighted by molar-refractivity contribution is 8.00. The van der Waals surface area contributed by atoms with Gasteiger partial charge in [-0.15, -0.1) is 0 Å². The Morgan fingerprint density at radius 3 is 2.68 bits per heavy atom.